The van der Waals surface area contributed by atoms with Crippen LogP contribution in [-0.2, 0) is 7.05 Å². The fraction of sp³-hybridized carbons (Fsp3) is 0.375. The summed E-state index contributed by atoms with van der Waals surface area (Å²) in [6.45, 7) is 0. The monoisotopic (exact) mass is 443 g/mol. The van der Waals surface area contributed by atoms with Crippen LogP contribution in [0.1, 0.15) is 36.0 Å². The van der Waals surface area contributed by atoms with E-state index in [1.54, 1.807) is 0 Å². The van der Waals surface area contributed by atoms with Crippen molar-refractivity contribution in [2.75, 3.05) is 7.05 Å². The van der Waals surface area contributed by atoms with Gasteiger partial charge < -0.3 is 14.8 Å². The van der Waals surface area contributed by atoms with Crippen molar-refractivity contribution in [3.05, 3.63) is 59.1 Å². The van der Waals surface area contributed by atoms with E-state index >= 15 is 0 Å². The number of carbonyl (C=O) groups is 1. The normalized spacial score (nSPS) is 23.4. The van der Waals surface area contributed by atoms with Gasteiger partial charge in [0.1, 0.15) is 0 Å². The summed E-state index contributed by atoms with van der Waals surface area (Å²) in [5.41, 5.74) is 3.76. The second-order valence-corrected chi connectivity index (χ2v) is 8.94. The lowest BCUT2D eigenvalue weighted by Gasteiger charge is -2.36. The number of carbonyl (C=O) groups excluding carboxylic acids is 1. The molecule has 3 aromatic rings. The number of nitrogens with one attached hydrogen (secondary N) is 1. The molecule has 0 aliphatic carbocycles. The zero-order valence-corrected chi connectivity index (χ0v) is 18.8. The van der Waals surface area contributed by atoms with Crippen LogP contribution >= 0.6 is 24.0 Å². The number of halogens is 2. The number of fused-ring (bicyclic) bond motifs is 3. The average Bonchev–Trinajstić information content (AvgIpc) is 3.11. The Kier molecular flexibility index (Phi) is 5.84. The van der Waals surface area contributed by atoms with Crippen molar-refractivity contribution in [2.45, 2.75) is 43.8 Å². The lowest BCUT2D eigenvalue weighted by Crippen LogP contribution is -2.48. The fourth-order valence-electron chi connectivity index (χ4n) is 5.36. The van der Waals surface area contributed by atoms with Crippen molar-refractivity contribution < 1.29 is 4.79 Å². The van der Waals surface area contributed by atoms with E-state index in [4.69, 9.17) is 11.6 Å². The summed E-state index contributed by atoms with van der Waals surface area (Å²) in [7, 11) is 4.25. The molecule has 2 aliphatic rings. The highest BCUT2D eigenvalue weighted by Crippen LogP contribution is 2.36. The van der Waals surface area contributed by atoms with Crippen LogP contribution < -0.4 is 5.32 Å². The third-order valence-corrected chi connectivity index (χ3v) is 7.14. The first kappa shape index (κ1) is 21.2. The van der Waals surface area contributed by atoms with Gasteiger partial charge in [-0.2, -0.15) is 0 Å². The highest BCUT2D eigenvalue weighted by atomic mass is 35.5. The maximum Gasteiger partial charge on any atom is 0.254 e. The van der Waals surface area contributed by atoms with Gasteiger partial charge in [-0.1, -0.05) is 41.9 Å². The Morgan fingerprint density at radius 2 is 1.63 bits per heavy atom. The van der Waals surface area contributed by atoms with Crippen molar-refractivity contribution in [3.63, 3.8) is 0 Å². The molecule has 2 fully saturated rings. The number of piperidine rings is 1. The maximum absolute atomic E-state index is 13.6. The van der Waals surface area contributed by atoms with E-state index in [-0.39, 0.29) is 24.4 Å². The fourth-order valence-corrected chi connectivity index (χ4v) is 5.48. The molecule has 30 heavy (non-hydrogen) atoms. The van der Waals surface area contributed by atoms with E-state index in [0.717, 1.165) is 40.6 Å². The number of nitrogens with zero attached hydrogens (tertiary/aromatic N) is 2. The molecule has 0 saturated carbocycles. The molecule has 2 bridgehead atoms. The second-order valence-electron chi connectivity index (χ2n) is 8.50. The van der Waals surface area contributed by atoms with Gasteiger partial charge in [-0.05, 0) is 56.5 Å². The molecule has 1 amide bonds. The second kappa shape index (κ2) is 8.26. The van der Waals surface area contributed by atoms with Gasteiger partial charge in [-0.15, -0.1) is 12.4 Å². The van der Waals surface area contributed by atoms with Gasteiger partial charge in [0.15, 0.2) is 0 Å². The van der Waals surface area contributed by atoms with Crippen LogP contribution in [0.5, 0.6) is 0 Å². The Labute approximate surface area is 188 Å². The third-order valence-electron chi connectivity index (χ3n) is 6.89. The van der Waals surface area contributed by atoms with Crippen LogP contribution in [0.25, 0.3) is 22.2 Å². The van der Waals surface area contributed by atoms with Gasteiger partial charge in [0.2, 0.25) is 0 Å². The number of aromatic nitrogens is 1. The summed E-state index contributed by atoms with van der Waals surface area (Å²) in [6.07, 6.45) is 4.58. The van der Waals surface area contributed by atoms with Crippen LogP contribution in [0.4, 0.5) is 0 Å². The topological polar surface area (TPSA) is 37.3 Å². The summed E-state index contributed by atoms with van der Waals surface area (Å²) >= 11 is 6.10. The number of benzene rings is 2. The molecule has 0 radical (unpaired) electrons. The van der Waals surface area contributed by atoms with E-state index < -0.39 is 0 Å². The Morgan fingerprint density at radius 3 is 2.30 bits per heavy atom. The zero-order chi connectivity index (χ0) is 20.1. The van der Waals surface area contributed by atoms with E-state index in [2.05, 4.69) is 27.9 Å². The summed E-state index contributed by atoms with van der Waals surface area (Å²) in [5, 5.41) is 5.07. The van der Waals surface area contributed by atoms with E-state index in [0.29, 0.717) is 17.1 Å². The molecule has 6 heteroatoms. The molecule has 2 aromatic carbocycles. The number of hydrogen-bond donors (Lipinski definition) is 1. The van der Waals surface area contributed by atoms with Gasteiger partial charge in [0, 0.05) is 41.1 Å². The first-order valence-electron chi connectivity index (χ1n) is 10.4. The quantitative estimate of drug-likeness (QED) is 0.597. The maximum atomic E-state index is 13.6. The lowest BCUT2D eigenvalue weighted by atomic mass is 9.97. The largest absolute Gasteiger partial charge is 0.349 e. The number of para-hydroxylation sites is 1. The molecular formula is C24H27Cl2N3O. The molecule has 2 saturated heterocycles. The Morgan fingerprint density at radius 1 is 1.00 bits per heavy atom. The van der Waals surface area contributed by atoms with Crippen molar-refractivity contribution in [2.24, 2.45) is 7.05 Å². The lowest BCUT2D eigenvalue weighted by molar-refractivity contribution is 0.0884. The molecule has 3 heterocycles. The van der Waals surface area contributed by atoms with Crippen molar-refractivity contribution in [1.82, 2.24) is 14.8 Å². The van der Waals surface area contributed by atoms with Gasteiger partial charge >= 0.3 is 0 Å². The van der Waals surface area contributed by atoms with E-state index in [1.165, 1.54) is 12.8 Å². The number of amides is 1. The predicted octanol–water partition coefficient (Wildman–Crippen LogP) is 5.28. The van der Waals surface area contributed by atoms with Gasteiger partial charge in [-0.3, -0.25) is 4.79 Å². The predicted molar refractivity (Wildman–Crippen MR) is 126 cm³/mol. The Bertz CT molecular complexity index is 1060. The Balaban J connectivity index is 0.00000218. The SMILES string of the molecule is CN1[C@@H]2CC[C@H]1C[C@@H](NC(=O)c1c(-c3ccc(Cl)cc3)n(C)c3ccccc13)C2.Cl. The Hall–Kier alpha value is -2.01. The molecule has 0 spiro atoms. The highest BCUT2D eigenvalue weighted by molar-refractivity contribution is 6.30. The summed E-state index contributed by atoms with van der Waals surface area (Å²) in [4.78, 5) is 16.1. The van der Waals surface area contributed by atoms with Crippen molar-refractivity contribution in [1.29, 1.82) is 0 Å². The summed E-state index contributed by atoms with van der Waals surface area (Å²) in [5.74, 6) is 0.0284. The molecular weight excluding hydrogens is 417 g/mol. The first-order chi connectivity index (χ1) is 14.0. The van der Waals surface area contributed by atoms with Crippen LogP contribution in [0.2, 0.25) is 5.02 Å². The van der Waals surface area contributed by atoms with Gasteiger partial charge in [-0.25, -0.2) is 0 Å². The summed E-state index contributed by atoms with van der Waals surface area (Å²) in [6, 6.07) is 17.3. The molecule has 2 aliphatic heterocycles. The molecule has 158 valence electrons. The van der Waals surface area contributed by atoms with Gasteiger partial charge in [0.25, 0.3) is 5.91 Å². The molecule has 5 rings (SSSR count). The highest BCUT2D eigenvalue weighted by Gasteiger charge is 2.39. The zero-order valence-electron chi connectivity index (χ0n) is 17.3. The van der Waals surface area contributed by atoms with E-state index in [1.807, 2.05) is 49.5 Å². The molecule has 1 N–H and O–H groups in total. The number of aryl methyl sites for hydroxylation is 1. The van der Waals surface area contributed by atoms with Crippen LogP contribution in [-0.4, -0.2) is 40.5 Å². The van der Waals surface area contributed by atoms with E-state index in [9.17, 15) is 4.79 Å². The molecule has 1 aromatic heterocycles. The smallest absolute Gasteiger partial charge is 0.254 e. The minimum atomic E-state index is 0. The standard InChI is InChI=1S/C24H26ClN3O.ClH/c1-27-18-11-12-19(27)14-17(13-18)26-24(29)22-20-5-3-4-6-21(20)28(2)23(22)15-7-9-16(25)10-8-15;/h3-10,17-19H,11-14H2,1-2H3,(H,26,29);1H/t17-,18+,19-;. The summed E-state index contributed by atoms with van der Waals surface area (Å²) < 4.78 is 2.12. The minimum absolute atomic E-state index is 0. The van der Waals surface area contributed by atoms with Crippen LogP contribution in [0, 0.1) is 0 Å². The first-order valence-corrected chi connectivity index (χ1v) is 10.8. The van der Waals surface area contributed by atoms with Crippen LogP contribution in [0.15, 0.2) is 48.5 Å². The number of rotatable bonds is 3. The minimum Gasteiger partial charge on any atom is -0.349 e. The van der Waals surface area contributed by atoms with Crippen molar-refractivity contribution >= 4 is 40.8 Å². The number of hydrogen-bond acceptors (Lipinski definition) is 2. The molecule has 0 unspecified atom stereocenters. The average molecular weight is 444 g/mol. The van der Waals surface area contributed by atoms with Crippen molar-refractivity contribution in [3.8, 4) is 11.3 Å². The van der Waals surface area contributed by atoms with Crippen LogP contribution in [0.3, 0.4) is 0 Å². The van der Waals surface area contributed by atoms with Gasteiger partial charge in [0.05, 0.1) is 11.3 Å². The molecule has 3 atom stereocenters. The molecule has 4 nitrogen and oxygen atoms in total. The third kappa shape index (κ3) is 3.51.